The Hall–Kier alpha value is 1.24. The average Bonchev–Trinajstić information content (AvgIpc) is 3.27. The summed E-state index contributed by atoms with van der Waals surface area (Å²) in [5.41, 5.74) is 2.48. The Balaban J connectivity index is 0.000000894. The van der Waals surface area contributed by atoms with E-state index in [1.807, 2.05) is 36.7 Å². The molecule has 4 rings (SSSR count). The maximum absolute atomic E-state index is 12.1. The number of alkyl halides is 4. The fraction of sp³-hybridized carbons (Fsp3) is 0.692. The van der Waals surface area contributed by atoms with Gasteiger partial charge in [-0.15, -0.1) is 0 Å². The number of hydrogen-bond donors (Lipinski definition) is 1. The van der Waals surface area contributed by atoms with Crippen LogP contribution in [0.2, 0.25) is 0 Å². The minimum absolute atomic E-state index is 0.0136. The number of allylic oxidation sites excluding steroid dienone is 4. The number of ether oxygens (including phenoxy) is 1. The summed E-state index contributed by atoms with van der Waals surface area (Å²) in [6.45, 7) is 5.95. The number of halogens is 4. The van der Waals surface area contributed by atoms with Crippen LogP contribution in [-0.2, 0) is 14.3 Å². The van der Waals surface area contributed by atoms with E-state index in [9.17, 15) is 14.7 Å². The van der Waals surface area contributed by atoms with Gasteiger partial charge in [0.15, 0.2) is 5.78 Å². The number of aliphatic hydroxyl groups excluding tert-OH is 1. The van der Waals surface area contributed by atoms with Crippen molar-refractivity contribution in [1.29, 1.82) is 0 Å². The molecular formula is C26H38I4O4. The van der Waals surface area contributed by atoms with Gasteiger partial charge in [0.25, 0.3) is 0 Å². The molecule has 0 bridgehead atoms. The van der Waals surface area contributed by atoms with E-state index in [0.717, 1.165) is 32.1 Å². The first-order valence-corrected chi connectivity index (χ1v) is 18.3. The lowest BCUT2D eigenvalue weighted by atomic mass is 9.54. The summed E-state index contributed by atoms with van der Waals surface area (Å²) in [5, 5.41) is 10.3. The fourth-order valence-corrected chi connectivity index (χ4v) is 9.84. The Morgan fingerprint density at radius 2 is 1.85 bits per heavy atom. The smallest absolute Gasteiger partial charge is 0.331 e. The van der Waals surface area contributed by atoms with Gasteiger partial charge in [0.1, 0.15) is 6.10 Å². The second kappa shape index (κ2) is 15.6. The molecule has 0 aromatic rings. The molecule has 34 heavy (non-hydrogen) atoms. The SMILES string of the molecule is C/C=C\C(=O)OC1CCC2C1=CCC1C3(I)CCC(=O)C=C3CC(CO)C21I.CC.CI.CI. The van der Waals surface area contributed by atoms with Crippen LogP contribution in [0.5, 0.6) is 0 Å². The summed E-state index contributed by atoms with van der Waals surface area (Å²) in [5.74, 6) is 0.770. The second-order valence-electron chi connectivity index (χ2n) is 8.46. The van der Waals surface area contributed by atoms with Gasteiger partial charge in [-0.05, 0) is 72.4 Å². The van der Waals surface area contributed by atoms with Crippen molar-refractivity contribution >= 4 is 102 Å². The summed E-state index contributed by atoms with van der Waals surface area (Å²) in [6.07, 6.45) is 12.3. The topological polar surface area (TPSA) is 63.6 Å². The zero-order valence-electron chi connectivity index (χ0n) is 20.8. The first-order chi connectivity index (χ1) is 16.3. The van der Waals surface area contributed by atoms with Crippen molar-refractivity contribution in [3.8, 4) is 0 Å². The number of esters is 1. The lowest BCUT2D eigenvalue weighted by molar-refractivity contribution is -0.141. The Morgan fingerprint density at radius 1 is 1.21 bits per heavy atom. The normalized spacial score (nSPS) is 35.4. The summed E-state index contributed by atoms with van der Waals surface area (Å²) >= 11 is 9.55. The van der Waals surface area contributed by atoms with E-state index in [2.05, 4.69) is 96.4 Å². The predicted molar refractivity (Wildman–Crippen MR) is 176 cm³/mol. The number of rotatable bonds is 3. The third kappa shape index (κ3) is 6.62. The highest BCUT2D eigenvalue weighted by Crippen LogP contribution is 2.66. The molecule has 6 unspecified atom stereocenters. The van der Waals surface area contributed by atoms with Crippen LogP contribution < -0.4 is 0 Å². The lowest BCUT2D eigenvalue weighted by Crippen LogP contribution is -2.61. The number of carbonyl (C=O) groups excluding carboxylic acids is 2. The monoisotopic (exact) mass is 922 g/mol. The van der Waals surface area contributed by atoms with E-state index in [-0.39, 0.29) is 37.2 Å². The molecule has 2 saturated carbocycles. The van der Waals surface area contributed by atoms with Gasteiger partial charge in [-0.3, -0.25) is 4.79 Å². The number of hydrogen-bond acceptors (Lipinski definition) is 4. The Bertz CT molecular complexity index is 794. The van der Waals surface area contributed by atoms with Crippen molar-refractivity contribution in [1.82, 2.24) is 0 Å². The van der Waals surface area contributed by atoms with Gasteiger partial charge in [0.2, 0.25) is 0 Å². The molecule has 0 aromatic carbocycles. The molecule has 0 aromatic heterocycles. The average molecular weight is 922 g/mol. The molecule has 1 N–H and O–H groups in total. The van der Waals surface area contributed by atoms with E-state index in [4.69, 9.17) is 4.74 Å². The van der Waals surface area contributed by atoms with Crippen molar-refractivity contribution in [2.45, 2.75) is 72.2 Å². The summed E-state index contributed by atoms with van der Waals surface area (Å²) in [6, 6.07) is 0. The first-order valence-electron chi connectivity index (χ1n) is 11.9. The Kier molecular flexibility index (Phi) is 15.3. The van der Waals surface area contributed by atoms with E-state index >= 15 is 0 Å². The highest BCUT2D eigenvalue weighted by atomic mass is 127. The van der Waals surface area contributed by atoms with Gasteiger partial charge in [-0.25, -0.2) is 4.79 Å². The van der Waals surface area contributed by atoms with Crippen LogP contribution >= 0.6 is 90.4 Å². The molecule has 4 aliphatic carbocycles. The molecule has 0 saturated heterocycles. The zero-order chi connectivity index (χ0) is 26.1. The molecule has 2 fully saturated rings. The third-order valence-electron chi connectivity index (χ3n) is 7.18. The number of ketones is 1. The molecule has 0 amide bonds. The number of carbonyl (C=O) groups is 2. The van der Waals surface area contributed by atoms with Crippen LogP contribution in [0.25, 0.3) is 0 Å². The third-order valence-corrected chi connectivity index (χ3v) is 11.5. The molecular weight excluding hydrogens is 884 g/mol. The standard InChI is InChI=1S/C22H26I2O4.C2H6.2CH3I/c1-2-3-20(27)28-18-6-5-17-16(18)4-7-19-21(23)9-8-15(26)11-13(21)10-14(12-25)22(17,19)24;3*1-2/h2-4,11,14,17-19,25H,5-10,12H2,1H3;1-2H3;2*1H3/b3-2-;;;. The molecule has 0 radical (unpaired) electrons. The zero-order valence-corrected chi connectivity index (χ0v) is 29.4. The van der Waals surface area contributed by atoms with Crippen molar-refractivity contribution in [3.63, 3.8) is 0 Å². The molecule has 6 atom stereocenters. The van der Waals surface area contributed by atoms with Crippen LogP contribution in [0.3, 0.4) is 0 Å². The summed E-state index contributed by atoms with van der Waals surface area (Å²) < 4.78 is 5.66. The van der Waals surface area contributed by atoms with Gasteiger partial charge >= 0.3 is 5.97 Å². The van der Waals surface area contributed by atoms with Crippen molar-refractivity contribution in [2.75, 3.05) is 16.5 Å². The molecule has 0 heterocycles. The minimum Gasteiger partial charge on any atom is -0.455 e. The van der Waals surface area contributed by atoms with Gasteiger partial charge < -0.3 is 9.84 Å². The van der Waals surface area contributed by atoms with Crippen LogP contribution in [0.1, 0.15) is 59.3 Å². The highest BCUT2D eigenvalue weighted by molar-refractivity contribution is 14.1. The second-order valence-corrected chi connectivity index (χ2v) is 12.3. The van der Waals surface area contributed by atoms with Crippen molar-refractivity contribution in [2.24, 2.45) is 17.8 Å². The van der Waals surface area contributed by atoms with Crippen molar-refractivity contribution < 1.29 is 19.4 Å². The number of aliphatic hydroxyl groups is 1. The molecule has 194 valence electrons. The summed E-state index contributed by atoms with van der Waals surface area (Å²) in [4.78, 5) is 28.0. The van der Waals surface area contributed by atoms with Gasteiger partial charge in [-0.2, -0.15) is 0 Å². The van der Waals surface area contributed by atoms with Crippen LogP contribution in [0.15, 0.2) is 35.5 Å². The molecule has 0 spiro atoms. The largest absolute Gasteiger partial charge is 0.455 e. The quantitative estimate of drug-likeness (QED) is 0.104. The Morgan fingerprint density at radius 3 is 2.44 bits per heavy atom. The molecule has 0 aliphatic heterocycles. The van der Waals surface area contributed by atoms with Crippen LogP contribution in [-0.4, -0.2) is 46.3 Å². The lowest BCUT2D eigenvalue weighted by Gasteiger charge is -2.59. The maximum atomic E-state index is 12.1. The van der Waals surface area contributed by atoms with Gasteiger partial charge in [0.05, 0.1) is 0 Å². The van der Waals surface area contributed by atoms with Crippen LogP contribution in [0, 0.1) is 17.8 Å². The molecule has 4 nitrogen and oxygen atoms in total. The van der Waals surface area contributed by atoms with Gasteiger partial charge in [-0.1, -0.05) is 122 Å². The predicted octanol–water partition coefficient (Wildman–Crippen LogP) is 7.61. The minimum atomic E-state index is -0.276. The molecule has 8 heteroatoms. The Labute approximate surface area is 260 Å². The highest BCUT2D eigenvalue weighted by Gasteiger charge is 2.64. The summed E-state index contributed by atoms with van der Waals surface area (Å²) in [7, 11) is 0. The molecule has 4 aliphatic rings. The number of fused-ring (bicyclic) bond motifs is 5. The van der Waals surface area contributed by atoms with E-state index in [1.165, 1.54) is 17.2 Å². The van der Waals surface area contributed by atoms with E-state index in [0.29, 0.717) is 18.3 Å². The van der Waals surface area contributed by atoms with Crippen molar-refractivity contribution in [3.05, 3.63) is 35.5 Å². The van der Waals surface area contributed by atoms with E-state index < -0.39 is 0 Å². The van der Waals surface area contributed by atoms with Gasteiger partial charge in [0, 0.05) is 31.9 Å². The fourth-order valence-electron chi connectivity index (χ4n) is 5.96. The first kappa shape index (κ1) is 33.3. The van der Waals surface area contributed by atoms with E-state index in [1.54, 1.807) is 6.08 Å². The maximum Gasteiger partial charge on any atom is 0.331 e. The van der Waals surface area contributed by atoms with Crippen LogP contribution in [0.4, 0.5) is 0 Å².